The van der Waals surface area contributed by atoms with E-state index in [0.29, 0.717) is 27.8 Å². The second kappa shape index (κ2) is 13.3. The number of halogens is 2. The number of benzene rings is 2. The van der Waals surface area contributed by atoms with Crippen molar-refractivity contribution >= 4 is 50.7 Å². The van der Waals surface area contributed by atoms with Gasteiger partial charge < -0.3 is 10.2 Å². The minimum atomic E-state index is -3.56. The molecule has 0 saturated carbocycles. The van der Waals surface area contributed by atoms with Gasteiger partial charge in [-0.25, -0.2) is 8.42 Å². The maximum absolute atomic E-state index is 13.4. The Morgan fingerprint density at radius 1 is 1.06 bits per heavy atom. The third-order valence-corrected chi connectivity index (χ3v) is 7.66. The van der Waals surface area contributed by atoms with Crippen LogP contribution in [0.3, 0.4) is 0 Å². The molecular weight excluding hydrogens is 521 g/mol. The third-order valence-electron chi connectivity index (χ3n) is 5.75. The van der Waals surface area contributed by atoms with Gasteiger partial charge in [0.1, 0.15) is 6.04 Å². The molecule has 0 aliphatic carbocycles. The molecule has 0 saturated heterocycles. The number of hydrogen-bond acceptors (Lipinski definition) is 4. The Hall–Kier alpha value is -2.29. The van der Waals surface area contributed by atoms with E-state index in [4.69, 9.17) is 23.2 Å². The summed E-state index contributed by atoms with van der Waals surface area (Å²) < 4.78 is 26.4. The standard InChI is InChI=1S/C26H35Cl2N3O4S/c1-6-12-29-26(33)20(4)30(17-22-23(27)9-7-10-24(22)28)25(32)11-8-13-31(36(5,34)35)21-15-18(2)14-19(3)16-21/h7,9-10,14-16,20H,6,8,11-13,17H2,1-5H3,(H,29,33)/t20-/m1/s1. The van der Waals surface area contributed by atoms with Crippen LogP contribution in [-0.2, 0) is 26.2 Å². The predicted octanol–water partition coefficient (Wildman–Crippen LogP) is 5.10. The molecule has 36 heavy (non-hydrogen) atoms. The summed E-state index contributed by atoms with van der Waals surface area (Å²) in [7, 11) is -3.56. The van der Waals surface area contributed by atoms with E-state index in [9.17, 15) is 18.0 Å². The Morgan fingerprint density at radius 2 is 1.64 bits per heavy atom. The van der Waals surface area contributed by atoms with Crippen molar-refractivity contribution in [3.8, 4) is 0 Å². The zero-order valence-corrected chi connectivity index (χ0v) is 23.8. The highest BCUT2D eigenvalue weighted by molar-refractivity contribution is 7.92. The van der Waals surface area contributed by atoms with Gasteiger partial charge >= 0.3 is 0 Å². The minimum Gasteiger partial charge on any atom is -0.354 e. The molecule has 2 aromatic rings. The van der Waals surface area contributed by atoms with Gasteiger partial charge in [0.25, 0.3) is 0 Å². The molecule has 0 heterocycles. The molecule has 10 heteroatoms. The zero-order chi connectivity index (χ0) is 27.0. The third kappa shape index (κ3) is 8.39. The fraction of sp³-hybridized carbons (Fsp3) is 0.462. The number of aryl methyl sites for hydroxylation is 2. The summed E-state index contributed by atoms with van der Waals surface area (Å²) in [5.74, 6) is -0.569. The number of hydrogen-bond donors (Lipinski definition) is 1. The van der Waals surface area contributed by atoms with Crippen LogP contribution in [0.4, 0.5) is 5.69 Å². The highest BCUT2D eigenvalue weighted by Gasteiger charge is 2.27. The van der Waals surface area contributed by atoms with Crippen LogP contribution < -0.4 is 9.62 Å². The van der Waals surface area contributed by atoms with E-state index in [1.807, 2.05) is 39.0 Å². The van der Waals surface area contributed by atoms with Crippen molar-refractivity contribution in [2.24, 2.45) is 0 Å². The lowest BCUT2D eigenvalue weighted by Crippen LogP contribution is -2.48. The Balaban J connectivity index is 2.23. The first-order valence-electron chi connectivity index (χ1n) is 11.9. The monoisotopic (exact) mass is 555 g/mol. The number of nitrogens with zero attached hydrogens (tertiary/aromatic N) is 2. The van der Waals surface area contributed by atoms with Crippen molar-refractivity contribution in [2.75, 3.05) is 23.7 Å². The summed E-state index contributed by atoms with van der Waals surface area (Å²) in [5, 5.41) is 3.63. The van der Waals surface area contributed by atoms with E-state index >= 15 is 0 Å². The van der Waals surface area contributed by atoms with Crippen LogP contribution in [0.1, 0.15) is 49.8 Å². The molecule has 198 valence electrons. The minimum absolute atomic E-state index is 0.0459. The van der Waals surface area contributed by atoms with Gasteiger partial charge in [0.2, 0.25) is 21.8 Å². The molecule has 0 radical (unpaired) electrons. The maximum atomic E-state index is 13.4. The Labute approximate surface area is 224 Å². The lowest BCUT2D eigenvalue weighted by molar-refractivity contribution is -0.140. The molecular formula is C26H35Cl2N3O4S. The summed E-state index contributed by atoms with van der Waals surface area (Å²) in [5.41, 5.74) is 3.01. The first kappa shape index (κ1) is 29.9. The Morgan fingerprint density at radius 3 is 2.17 bits per heavy atom. The molecule has 0 aliphatic rings. The van der Waals surface area contributed by atoms with E-state index in [1.54, 1.807) is 25.1 Å². The van der Waals surface area contributed by atoms with Crippen molar-refractivity contribution in [1.82, 2.24) is 10.2 Å². The molecule has 0 bridgehead atoms. The largest absolute Gasteiger partial charge is 0.354 e. The molecule has 2 amide bonds. The molecule has 0 fully saturated rings. The second-order valence-electron chi connectivity index (χ2n) is 8.97. The number of amides is 2. The Bertz CT molecular complexity index is 1150. The normalized spacial score (nSPS) is 12.2. The number of anilines is 1. The van der Waals surface area contributed by atoms with Gasteiger partial charge in [0.15, 0.2) is 0 Å². The van der Waals surface area contributed by atoms with Crippen molar-refractivity contribution in [3.63, 3.8) is 0 Å². The molecule has 0 spiro atoms. The van der Waals surface area contributed by atoms with E-state index in [2.05, 4.69) is 5.32 Å². The summed E-state index contributed by atoms with van der Waals surface area (Å²) in [4.78, 5) is 27.5. The first-order valence-corrected chi connectivity index (χ1v) is 14.5. The predicted molar refractivity (Wildman–Crippen MR) is 147 cm³/mol. The van der Waals surface area contributed by atoms with Crippen molar-refractivity contribution < 1.29 is 18.0 Å². The number of nitrogens with one attached hydrogen (secondary N) is 1. The molecule has 1 N–H and O–H groups in total. The number of carbonyl (C=O) groups excluding carboxylic acids is 2. The smallest absolute Gasteiger partial charge is 0.242 e. The maximum Gasteiger partial charge on any atom is 0.242 e. The van der Waals surface area contributed by atoms with E-state index in [-0.39, 0.29) is 37.7 Å². The van der Waals surface area contributed by atoms with Gasteiger partial charge in [-0.15, -0.1) is 0 Å². The summed E-state index contributed by atoms with van der Waals surface area (Å²) in [6.45, 7) is 8.10. The fourth-order valence-corrected chi connectivity index (χ4v) is 5.40. The van der Waals surface area contributed by atoms with E-state index < -0.39 is 16.1 Å². The number of sulfonamides is 1. The highest BCUT2D eigenvalue weighted by atomic mass is 35.5. The average Bonchev–Trinajstić information content (AvgIpc) is 2.78. The quantitative estimate of drug-likeness (QED) is 0.394. The zero-order valence-electron chi connectivity index (χ0n) is 21.5. The lowest BCUT2D eigenvalue weighted by Gasteiger charge is -2.30. The second-order valence-corrected chi connectivity index (χ2v) is 11.7. The first-order chi connectivity index (χ1) is 16.8. The van der Waals surface area contributed by atoms with Gasteiger partial charge in [-0.2, -0.15) is 0 Å². The SMILES string of the molecule is CCCNC(=O)[C@@H](C)N(Cc1c(Cl)cccc1Cl)C(=O)CCCN(c1cc(C)cc(C)c1)S(C)(=O)=O. The van der Waals surface area contributed by atoms with Crippen LogP contribution in [0, 0.1) is 13.8 Å². The Kier molecular flexibility index (Phi) is 11.1. The van der Waals surface area contributed by atoms with Gasteiger partial charge in [0, 0.05) is 41.7 Å². The van der Waals surface area contributed by atoms with Crippen LogP contribution in [0.25, 0.3) is 0 Å². The molecule has 0 unspecified atom stereocenters. The van der Waals surface area contributed by atoms with Crippen LogP contribution in [-0.4, -0.2) is 50.5 Å². The van der Waals surface area contributed by atoms with Crippen molar-refractivity contribution in [2.45, 2.75) is 59.5 Å². The highest BCUT2D eigenvalue weighted by Crippen LogP contribution is 2.27. The fourth-order valence-electron chi connectivity index (χ4n) is 3.93. The topological polar surface area (TPSA) is 86.8 Å². The summed E-state index contributed by atoms with van der Waals surface area (Å²) >= 11 is 12.7. The van der Waals surface area contributed by atoms with Crippen LogP contribution >= 0.6 is 23.2 Å². The summed E-state index contributed by atoms with van der Waals surface area (Å²) in [6, 6.07) is 9.90. The van der Waals surface area contributed by atoms with Gasteiger partial charge in [-0.3, -0.25) is 13.9 Å². The lowest BCUT2D eigenvalue weighted by atomic mass is 10.1. The van der Waals surface area contributed by atoms with Gasteiger partial charge in [-0.1, -0.05) is 42.3 Å². The molecule has 7 nitrogen and oxygen atoms in total. The van der Waals surface area contributed by atoms with Gasteiger partial charge in [0.05, 0.1) is 11.9 Å². The molecule has 2 aromatic carbocycles. The van der Waals surface area contributed by atoms with E-state index in [0.717, 1.165) is 23.8 Å². The average molecular weight is 557 g/mol. The van der Waals surface area contributed by atoms with E-state index in [1.165, 1.54) is 9.21 Å². The van der Waals surface area contributed by atoms with Crippen molar-refractivity contribution in [3.05, 3.63) is 63.1 Å². The van der Waals surface area contributed by atoms with Crippen molar-refractivity contribution in [1.29, 1.82) is 0 Å². The van der Waals surface area contributed by atoms with Crippen LogP contribution in [0.15, 0.2) is 36.4 Å². The molecule has 1 atom stereocenters. The summed E-state index contributed by atoms with van der Waals surface area (Å²) in [6.07, 6.45) is 2.24. The molecule has 0 aromatic heterocycles. The number of rotatable bonds is 12. The van der Waals surface area contributed by atoms with Crippen LogP contribution in [0.2, 0.25) is 10.0 Å². The van der Waals surface area contributed by atoms with Gasteiger partial charge in [-0.05, 0) is 69.0 Å². The number of carbonyl (C=O) groups is 2. The molecule has 2 rings (SSSR count). The molecule has 0 aliphatic heterocycles. The van der Waals surface area contributed by atoms with Crippen LogP contribution in [0.5, 0.6) is 0 Å².